The number of halogens is 1. The van der Waals surface area contributed by atoms with Crippen LogP contribution < -0.4 is 5.73 Å². The largest absolute Gasteiger partial charge is 0.393 e. The van der Waals surface area contributed by atoms with Crippen LogP contribution in [-0.2, 0) is 17.1 Å². The lowest BCUT2D eigenvalue weighted by atomic mass is 10.2. The van der Waals surface area contributed by atoms with Gasteiger partial charge in [0.05, 0.1) is 16.2 Å². The number of sulfonamides is 1. The number of nitrogens with zero attached hydrogens (tertiary/aromatic N) is 3. The molecule has 9 heteroatoms. The summed E-state index contributed by atoms with van der Waals surface area (Å²) in [6.07, 6.45) is 1.30. The molecule has 0 aliphatic carbocycles. The Labute approximate surface area is 123 Å². The molecule has 0 spiro atoms. The van der Waals surface area contributed by atoms with Gasteiger partial charge in [-0.15, -0.1) is 0 Å². The second-order valence-corrected chi connectivity index (χ2v) is 6.91. The molecular weight excluding hydrogens is 308 g/mol. The third kappa shape index (κ3) is 3.44. The van der Waals surface area contributed by atoms with Gasteiger partial charge in [0.25, 0.3) is 10.0 Å². The van der Waals surface area contributed by atoms with Crippen LogP contribution in [0.2, 0.25) is 5.02 Å². The van der Waals surface area contributed by atoms with Gasteiger partial charge >= 0.3 is 0 Å². The first-order valence-electron chi connectivity index (χ1n) is 5.68. The maximum absolute atomic E-state index is 12.5. The summed E-state index contributed by atoms with van der Waals surface area (Å²) in [7, 11) is -2.18. The highest BCUT2D eigenvalue weighted by molar-refractivity contribution is 7.89. The minimum Gasteiger partial charge on any atom is -0.393 e. The highest BCUT2D eigenvalue weighted by Crippen LogP contribution is 2.24. The van der Waals surface area contributed by atoms with E-state index >= 15 is 0 Å². The zero-order chi connectivity index (χ0) is 14.8. The Balaban J connectivity index is 3.13. The Bertz CT molecular complexity index is 551. The maximum Gasteiger partial charge on any atom is 0.261 e. The molecular formula is C10H17ClN4O2S2. The van der Waals surface area contributed by atoms with E-state index in [-0.39, 0.29) is 27.5 Å². The van der Waals surface area contributed by atoms with Gasteiger partial charge in [0.15, 0.2) is 5.03 Å². The van der Waals surface area contributed by atoms with Crippen molar-refractivity contribution >= 4 is 38.8 Å². The molecule has 0 saturated carbocycles. The molecule has 1 heterocycles. The van der Waals surface area contributed by atoms with Gasteiger partial charge in [-0.2, -0.15) is 9.40 Å². The number of nitrogens with two attached hydrogens (primary N) is 1. The Morgan fingerprint density at radius 3 is 2.63 bits per heavy atom. The van der Waals surface area contributed by atoms with E-state index in [2.05, 4.69) is 5.10 Å². The van der Waals surface area contributed by atoms with Gasteiger partial charge in [-0.05, 0) is 0 Å². The smallest absolute Gasteiger partial charge is 0.261 e. The first kappa shape index (κ1) is 16.4. The first-order valence-corrected chi connectivity index (χ1v) is 7.91. The minimum absolute atomic E-state index is 0.0221. The van der Waals surface area contributed by atoms with Crippen molar-refractivity contribution in [2.45, 2.75) is 18.9 Å². The van der Waals surface area contributed by atoms with Crippen LogP contribution >= 0.6 is 23.8 Å². The number of hydrogen-bond acceptors (Lipinski definition) is 4. The standard InChI is InChI=1S/C10H17ClN4O2S2/c1-4-15(6-7(2)9(12)18)19(16,17)10-8(11)5-13-14(10)3/h5,7H,4,6H2,1-3H3,(H2,12,18). The lowest BCUT2D eigenvalue weighted by Gasteiger charge is -2.23. The second-order valence-electron chi connectivity index (χ2n) is 4.18. The molecule has 19 heavy (non-hydrogen) atoms. The van der Waals surface area contributed by atoms with Crippen LogP contribution in [0.1, 0.15) is 13.8 Å². The lowest BCUT2D eigenvalue weighted by molar-refractivity contribution is 0.400. The van der Waals surface area contributed by atoms with Crippen LogP contribution in [0.15, 0.2) is 11.2 Å². The van der Waals surface area contributed by atoms with Crippen molar-refractivity contribution < 1.29 is 8.42 Å². The van der Waals surface area contributed by atoms with Gasteiger partial charge in [-0.3, -0.25) is 4.68 Å². The molecule has 1 unspecified atom stereocenters. The molecule has 108 valence electrons. The quantitative estimate of drug-likeness (QED) is 0.790. The van der Waals surface area contributed by atoms with Crippen molar-refractivity contribution in [3.63, 3.8) is 0 Å². The van der Waals surface area contributed by atoms with E-state index < -0.39 is 10.0 Å². The van der Waals surface area contributed by atoms with Gasteiger partial charge in [0.1, 0.15) is 0 Å². The monoisotopic (exact) mass is 324 g/mol. The predicted molar refractivity (Wildman–Crippen MR) is 78.6 cm³/mol. The van der Waals surface area contributed by atoms with Crippen LogP contribution in [0, 0.1) is 5.92 Å². The number of aromatic nitrogens is 2. The van der Waals surface area contributed by atoms with E-state index in [1.807, 2.05) is 0 Å². The molecule has 2 N–H and O–H groups in total. The average Bonchev–Trinajstić information content (AvgIpc) is 2.65. The molecule has 0 aliphatic rings. The summed E-state index contributed by atoms with van der Waals surface area (Å²) in [5.74, 6) is -0.211. The van der Waals surface area contributed by atoms with Crippen LogP contribution in [0.25, 0.3) is 0 Å². The molecule has 1 rings (SSSR count). The SMILES string of the molecule is CCN(CC(C)C(N)=S)S(=O)(=O)c1c(Cl)cnn1C. The van der Waals surface area contributed by atoms with E-state index in [1.165, 1.54) is 22.2 Å². The molecule has 0 bridgehead atoms. The molecule has 1 atom stereocenters. The van der Waals surface area contributed by atoms with Crippen molar-refractivity contribution in [1.82, 2.24) is 14.1 Å². The summed E-state index contributed by atoms with van der Waals surface area (Å²) in [6, 6.07) is 0. The summed E-state index contributed by atoms with van der Waals surface area (Å²) >= 11 is 10.8. The molecule has 0 saturated heterocycles. The third-order valence-corrected chi connectivity index (χ3v) is 5.59. The first-order chi connectivity index (χ1) is 8.71. The molecule has 6 nitrogen and oxygen atoms in total. The van der Waals surface area contributed by atoms with E-state index in [9.17, 15) is 8.42 Å². The normalized spacial score (nSPS) is 13.7. The van der Waals surface area contributed by atoms with Crippen LogP contribution in [0.5, 0.6) is 0 Å². The summed E-state index contributed by atoms with van der Waals surface area (Å²) in [4.78, 5) is 0.282. The van der Waals surface area contributed by atoms with Gasteiger partial charge in [-0.25, -0.2) is 8.42 Å². The molecule has 0 aromatic carbocycles. The summed E-state index contributed by atoms with van der Waals surface area (Å²) in [5.41, 5.74) is 5.53. The van der Waals surface area contributed by atoms with Crippen LogP contribution in [0.3, 0.4) is 0 Å². The Hall–Kier alpha value is -0.700. The predicted octanol–water partition coefficient (Wildman–Crippen LogP) is 1.01. The Morgan fingerprint density at radius 2 is 2.26 bits per heavy atom. The molecule has 0 fully saturated rings. The minimum atomic E-state index is -3.71. The van der Waals surface area contributed by atoms with Crippen molar-refractivity contribution in [3.8, 4) is 0 Å². The van der Waals surface area contributed by atoms with E-state index in [1.54, 1.807) is 13.8 Å². The zero-order valence-electron chi connectivity index (χ0n) is 11.0. The average molecular weight is 325 g/mol. The van der Waals surface area contributed by atoms with Gasteiger partial charge in [0, 0.05) is 26.1 Å². The van der Waals surface area contributed by atoms with E-state index in [0.717, 1.165) is 0 Å². The lowest BCUT2D eigenvalue weighted by Crippen LogP contribution is -2.38. The van der Waals surface area contributed by atoms with Gasteiger partial charge < -0.3 is 5.73 Å². The van der Waals surface area contributed by atoms with Crippen molar-refractivity contribution in [1.29, 1.82) is 0 Å². The summed E-state index contributed by atoms with van der Waals surface area (Å²) < 4.78 is 27.6. The van der Waals surface area contributed by atoms with E-state index in [4.69, 9.17) is 29.6 Å². The Morgan fingerprint density at radius 1 is 1.68 bits per heavy atom. The van der Waals surface area contributed by atoms with Gasteiger partial charge in [0.2, 0.25) is 0 Å². The number of thiocarbonyl (C=S) groups is 1. The fourth-order valence-corrected chi connectivity index (χ4v) is 3.82. The summed E-state index contributed by atoms with van der Waals surface area (Å²) in [6.45, 7) is 4.05. The van der Waals surface area contributed by atoms with E-state index in [0.29, 0.717) is 6.54 Å². The van der Waals surface area contributed by atoms with Crippen molar-refractivity contribution in [2.24, 2.45) is 18.7 Å². The second kappa shape index (κ2) is 6.17. The molecule has 1 aromatic rings. The van der Waals surface area contributed by atoms with Crippen LogP contribution in [0.4, 0.5) is 0 Å². The highest BCUT2D eigenvalue weighted by Gasteiger charge is 2.30. The fraction of sp³-hybridized carbons (Fsp3) is 0.600. The zero-order valence-corrected chi connectivity index (χ0v) is 13.4. The highest BCUT2D eigenvalue weighted by atomic mass is 35.5. The molecule has 1 aromatic heterocycles. The third-order valence-electron chi connectivity index (χ3n) is 2.74. The Kier molecular flexibility index (Phi) is 5.31. The van der Waals surface area contributed by atoms with Crippen molar-refractivity contribution in [3.05, 3.63) is 11.2 Å². The number of aryl methyl sites for hydroxylation is 1. The van der Waals surface area contributed by atoms with Crippen molar-refractivity contribution in [2.75, 3.05) is 13.1 Å². The topological polar surface area (TPSA) is 81.2 Å². The molecule has 0 amide bonds. The molecule has 0 aliphatic heterocycles. The van der Waals surface area contributed by atoms with Crippen LogP contribution in [-0.4, -0.2) is 40.6 Å². The summed E-state index contributed by atoms with van der Waals surface area (Å²) in [5, 5.41) is 3.92. The maximum atomic E-state index is 12.5. The number of hydrogen-bond donors (Lipinski definition) is 1. The molecule has 0 radical (unpaired) electrons. The number of rotatable bonds is 6. The van der Waals surface area contributed by atoms with Gasteiger partial charge in [-0.1, -0.05) is 37.7 Å². The fourth-order valence-electron chi connectivity index (χ4n) is 1.60.